The lowest BCUT2D eigenvalue weighted by molar-refractivity contribution is -0.130. The summed E-state index contributed by atoms with van der Waals surface area (Å²) in [5.41, 5.74) is 2.80. The molecule has 43 heavy (non-hydrogen) atoms. The zero-order valence-electron chi connectivity index (χ0n) is 25.0. The number of hydrogen-bond acceptors (Lipinski definition) is 6. The molecule has 226 valence electrons. The summed E-state index contributed by atoms with van der Waals surface area (Å²) in [5, 5.41) is 5.98. The van der Waals surface area contributed by atoms with Gasteiger partial charge in [0.1, 0.15) is 6.61 Å². The van der Waals surface area contributed by atoms with Crippen molar-refractivity contribution in [3.63, 3.8) is 0 Å². The summed E-state index contributed by atoms with van der Waals surface area (Å²) in [6.45, 7) is 5.41. The number of nitrogens with zero attached hydrogens (tertiary/aromatic N) is 1. The van der Waals surface area contributed by atoms with Crippen LogP contribution in [0, 0.1) is 11.8 Å². The molecule has 3 aromatic rings. The monoisotopic (exact) mass is 583 g/mol. The SMILES string of the molecule is CCN(CCNC1=C(\OCc2ccccc2)C(=O)C(CCc2ccccc2)C(C)C\C=C\1)C(=O)CNC(=O)c1ccco1. The van der Waals surface area contributed by atoms with Gasteiger partial charge in [-0.25, -0.2) is 0 Å². The van der Waals surface area contributed by atoms with Gasteiger partial charge in [-0.3, -0.25) is 14.4 Å². The lowest BCUT2D eigenvalue weighted by Gasteiger charge is -2.27. The van der Waals surface area contributed by atoms with Crippen LogP contribution in [0.1, 0.15) is 48.4 Å². The van der Waals surface area contributed by atoms with Crippen LogP contribution in [0.15, 0.2) is 107 Å². The third-order valence-electron chi connectivity index (χ3n) is 7.67. The van der Waals surface area contributed by atoms with Gasteiger partial charge < -0.3 is 24.7 Å². The highest BCUT2D eigenvalue weighted by Crippen LogP contribution is 2.29. The zero-order valence-corrected chi connectivity index (χ0v) is 25.0. The average Bonchev–Trinajstić information content (AvgIpc) is 3.57. The van der Waals surface area contributed by atoms with Gasteiger partial charge in [-0.1, -0.05) is 73.7 Å². The van der Waals surface area contributed by atoms with E-state index in [1.54, 1.807) is 17.0 Å². The van der Waals surface area contributed by atoms with E-state index >= 15 is 0 Å². The molecule has 8 heteroatoms. The van der Waals surface area contributed by atoms with Gasteiger partial charge in [-0.05, 0) is 61.4 Å². The predicted molar refractivity (Wildman–Crippen MR) is 166 cm³/mol. The molecule has 2 amide bonds. The fourth-order valence-corrected chi connectivity index (χ4v) is 5.15. The highest BCUT2D eigenvalue weighted by Gasteiger charge is 2.31. The Hall–Kier alpha value is -4.59. The maximum Gasteiger partial charge on any atom is 0.287 e. The van der Waals surface area contributed by atoms with Gasteiger partial charge in [-0.15, -0.1) is 0 Å². The number of ether oxygens (including phenoxy) is 1. The molecule has 8 nitrogen and oxygen atoms in total. The quantitative estimate of drug-likeness (QED) is 0.268. The van der Waals surface area contributed by atoms with Crippen LogP contribution in [0.3, 0.4) is 0 Å². The number of ketones is 1. The molecule has 4 rings (SSSR count). The molecule has 2 atom stereocenters. The molecule has 0 saturated carbocycles. The van der Waals surface area contributed by atoms with Gasteiger partial charge in [0.15, 0.2) is 11.5 Å². The number of benzene rings is 2. The Balaban J connectivity index is 1.45. The van der Waals surface area contributed by atoms with Gasteiger partial charge in [0, 0.05) is 25.6 Å². The third kappa shape index (κ3) is 9.20. The number of allylic oxidation sites excluding steroid dienone is 3. The Labute approximate surface area is 253 Å². The Kier molecular flexibility index (Phi) is 11.8. The lowest BCUT2D eigenvalue weighted by atomic mass is 9.81. The summed E-state index contributed by atoms with van der Waals surface area (Å²) in [7, 11) is 0. The van der Waals surface area contributed by atoms with Crippen molar-refractivity contribution in [2.45, 2.75) is 39.7 Å². The van der Waals surface area contributed by atoms with Crippen LogP contribution >= 0.6 is 0 Å². The van der Waals surface area contributed by atoms with E-state index in [0.29, 0.717) is 31.1 Å². The minimum Gasteiger partial charge on any atom is -0.483 e. The van der Waals surface area contributed by atoms with Crippen molar-refractivity contribution in [2.75, 3.05) is 26.2 Å². The van der Waals surface area contributed by atoms with E-state index in [-0.39, 0.29) is 42.4 Å². The van der Waals surface area contributed by atoms with E-state index in [4.69, 9.17) is 9.15 Å². The van der Waals surface area contributed by atoms with Crippen molar-refractivity contribution < 1.29 is 23.5 Å². The second-order valence-corrected chi connectivity index (χ2v) is 10.7. The summed E-state index contributed by atoms with van der Waals surface area (Å²) in [6.07, 6.45) is 7.73. The second-order valence-electron chi connectivity index (χ2n) is 10.7. The summed E-state index contributed by atoms with van der Waals surface area (Å²) in [5.74, 6) is -0.206. The molecular formula is C35H41N3O5. The minimum absolute atomic E-state index is 0.00438. The fourth-order valence-electron chi connectivity index (χ4n) is 5.15. The van der Waals surface area contributed by atoms with Crippen LogP contribution < -0.4 is 10.6 Å². The average molecular weight is 584 g/mol. The molecule has 0 bridgehead atoms. The first-order chi connectivity index (χ1) is 21.0. The van der Waals surface area contributed by atoms with Crippen LogP contribution in [-0.2, 0) is 27.4 Å². The van der Waals surface area contributed by atoms with Gasteiger partial charge in [-0.2, -0.15) is 0 Å². The topological polar surface area (TPSA) is 101 Å². The molecule has 2 aromatic carbocycles. The molecule has 1 aliphatic carbocycles. The predicted octanol–water partition coefficient (Wildman–Crippen LogP) is 5.29. The number of aryl methyl sites for hydroxylation is 1. The fraction of sp³-hybridized carbons (Fsp3) is 0.343. The maximum atomic E-state index is 14.1. The van der Waals surface area contributed by atoms with Crippen molar-refractivity contribution in [2.24, 2.45) is 11.8 Å². The molecule has 1 aliphatic rings. The normalized spacial score (nSPS) is 19.2. The molecule has 2 unspecified atom stereocenters. The molecule has 0 spiro atoms. The lowest BCUT2D eigenvalue weighted by Crippen LogP contribution is -2.43. The first-order valence-corrected chi connectivity index (χ1v) is 14.9. The van der Waals surface area contributed by atoms with Crippen molar-refractivity contribution in [3.8, 4) is 0 Å². The molecule has 1 heterocycles. The highest BCUT2D eigenvalue weighted by atomic mass is 16.5. The summed E-state index contributed by atoms with van der Waals surface area (Å²) >= 11 is 0. The van der Waals surface area contributed by atoms with E-state index in [9.17, 15) is 14.4 Å². The highest BCUT2D eigenvalue weighted by molar-refractivity contribution is 5.97. The largest absolute Gasteiger partial charge is 0.483 e. The number of carbonyl (C=O) groups is 3. The van der Waals surface area contributed by atoms with E-state index in [1.807, 2.05) is 61.5 Å². The van der Waals surface area contributed by atoms with Crippen LogP contribution in [0.5, 0.6) is 0 Å². The second kappa shape index (κ2) is 16.2. The number of Topliss-reactive ketones (excluding diaryl/α,β-unsaturated/α-hetero) is 1. The smallest absolute Gasteiger partial charge is 0.287 e. The number of rotatable bonds is 14. The minimum atomic E-state index is -0.438. The molecule has 1 aromatic heterocycles. The van der Waals surface area contributed by atoms with Crippen molar-refractivity contribution in [1.29, 1.82) is 0 Å². The number of amides is 2. The summed E-state index contributed by atoms with van der Waals surface area (Å²) < 4.78 is 11.4. The maximum absolute atomic E-state index is 14.1. The van der Waals surface area contributed by atoms with E-state index in [1.165, 1.54) is 11.8 Å². The zero-order chi connectivity index (χ0) is 30.4. The molecule has 0 fully saturated rings. The first-order valence-electron chi connectivity index (χ1n) is 14.9. The van der Waals surface area contributed by atoms with Crippen molar-refractivity contribution in [3.05, 3.63) is 120 Å². The number of furan rings is 1. The molecule has 0 radical (unpaired) electrons. The van der Waals surface area contributed by atoms with Crippen LogP contribution in [0.2, 0.25) is 0 Å². The molecule has 0 saturated heterocycles. The Bertz CT molecular complexity index is 1380. The number of nitrogens with one attached hydrogen (secondary N) is 2. The first kappa shape index (κ1) is 31.3. The van der Waals surface area contributed by atoms with Gasteiger partial charge in [0.2, 0.25) is 11.7 Å². The van der Waals surface area contributed by atoms with E-state index in [2.05, 4.69) is 35.8 Å². The number of carbonyl (C=O) groups excluding carboxylic acids is 3. The molecular weight excluding hydrogens is 542 g/mol. The van der Waals surface area contributed by atoms with Crippen LogP contribution in [0.4, 0.5) is 0 Å². The number of hydrogen-bond donors (Lipinski definition) is 2. The standard InChI is InChI=1S/C35H41N3O5/c1-3-38(32(39)24-37-35(41)31-18-11-23-42-31)22-21-36-30-17-10-12-26(2)29(20-19-27-13-6-4-7-14-27)33(40)34(30)43-25-28-15-8-5-9-16-28/h4-11,13-18,23,26,29,36H,3,12,19-22,24-25H2,1-2H3,(H,37,41)/b17-10+,34-30-. The molecule has 0 aliphatic heterocycles. The Morgan fingerprint density at radius 3 is 2.40 bits per heavy atom. The van der Waals surface area contributed by atoms with Crippen LogP contribution in [-0.4, -0.2) is 48.7 Å². The van der Waals surface area contributed by atoms with Crippen molar-refractivity contribution >= 4 is 17.6 Å². The van der Waals surface area contributed by atoms with Gasteiger partial charge in [0.05, 0.1) is 18.5 Å². The summed E-state index contributed by atoms with van der Waals surface area (Å²) in [4.78, 5) is 40.7. The van der Waals surface area contributed by atoms with Crippen molar-refractivity contribution in [1.82, 2.24) is 15.5 Å². The Morgan fingerprint density at radius 2 is 1.72 bits per heavy atom. The van der Waals surface area contributed by atoms with E-state index < -0.39 is 5.91 Å². The van der Waals surface area contributed by atoms with Gasteiger partial charge in [0.25, 0.3) is 5.91 Å². The van der Waals surface area contributed by atoms with Crippen LogP contribution in [0.25, 0.3) is 0 Å². The van der Waals surface area contributed by atoms with Gasteiger partial charge >= 0.3 is 0 Å². The summed E-state index contributed by atoms with van der Waals surface area (Å²) in [6, 6.07) is 23.2. The van der Waals surface area contributed by atoms with E-state index in [0.717, 1.165) is 24.8 Å². The number of likely N-dealkylation sites (N-methyl/N-ethyl adjacent to an activating group) is 1. The third-order valence-corrected chi connectivity index (χ3v) is 7.67. The Morgan fingerprint density at radius 1 is 1.00 bits per heavy atom. The molecule has 2 N–H and O–H groups in total.